The average Bonchev–Trinajstić information content (AvgIpc) is 2.74. The number of ether oxygens (including phenoxy) is 1. The third kappa shape index (κ3) is 4.49. The minimum Gasteiger partial charge on any atom is -0.497 e. The van der Waals surface area contributed by atoms with Crippen LogP contribution in [0.5, 0.6) is 5.75 Å². The van der Waals surface area contributed by atoms with Gasteiger partial charge in [-0.2, -0.15) is 0 Å². The Kier molecular flexibility index (Phi) is 6.35. The molecule has 29 heavy (non-hydrogen) atoms. The molecule has 0 spiro atoms. The van der Waals surface area contributed by atoms with Crippen molar-refractivity contribution in [3.63, 3.8) is 0 Å². The van der Waals surface area contributed by atoms with Gasteiger partial charge in [0.05, 0.1) is 16.9 Å². The molecule has 0 aliphatic heterocycles. The Morgan fingerprint density at radius 1 is 0.897 bits per heavy atom. The maximum Gasteiger partial charge on any atom is 0.207 e. The zero-order chi connectivity index (χ0) is 20.9. The number of methoxy groups -OCH3 is 1. The van der Waals surface area contributed by atoms with Crippen molar-refractivity contribution in [1.82, 2.24) is 0 Å². The van der Waals surface area contributed by atoms with Crippen molar-refractivity contribution >= 4 is 20.3 Å². The van der Waals surface area contributed by atoms with E-state index in [0.717, 1.165) is 11.1 Å². The highest BCUT2D eigenvalue weighted by Crippen LogP contribution is 2.37. The molecule has 0 saturated carbocycles. The van der Waals surface area contributed by atoms with Gasteiger partial charge in [0.1, 0.15) is 5.75 Å². The maximum atomic E-state index is 13.8. The summed E-state index contributed by atoms with van der Waals surface area (Å²) in [6.45, 7) is 5.78. The molecule has 3 rings (SSSR count). The number of hydrogen-bond acceptors (Lipinski definition) is 3. The molecule has 0 aliphatic rings. The van der Waals surface area contributed by atoms with Gasteiger partial charge in [-0.1, -0.05) is 54.1 Å². The molecule has 0 amide bonds. The Hall–Kier alpha value is -3.11. The molecule has 4 heteroatoms. The Morgan fingerprint density at radius 2 is 1.52 bits per heavy atom. The summed E-state index contributed by atoms with van der Waals surface area (Å²) >= 11 is 0. The summed E-state index contributed by atoms with van der Waals surface area (Å²) in [7, 11) is -2.18. The van der Waals surface area contributed by atoms with Gasteiger partial charge >= 0.3 is 0 Å². The Balaban J connectivity index is 2.33. The summed E-state index contributed by atoms with van der Waals surface area (Å²) in [5.74, 6) is 0.672. The molecule has 0 fully saturated rings. The molecule has 0 bridgehead atoms. The molecular formula is C25H24O3S. The standard InChI is InChI=1S/C25H24O3S/c1-4-8-24(20-9-6-5-7-10-20)25(21-13-15-22(28-3)16-14-21)29(26,27)23-17-11-19(2)12-18-23/h4-7,9-18H,1,8H2,2-3H3/b25-24-. The summed E-state index contributed by atoms with van der Waals surface area (Å²) in [5.41, 5.74) is 3.20. The van der Waals surface area contributed by atoms with Gasteiger partial charge in [-0.3, -0.25) is 0 Å². The van der Waals surface area contributed by atoms with E-state index in [0.29, 0.717) is 23.3 Å². The molecule has 3 aromatic rings. The smallest absolute Gasteiger partial charge is 0.207 e. The van der Waals surface area contributed by atoms with Gasteiger partial charge in [-0.25, -0.2) is 8.42 Å². The van der Waals surface area contributed by atoms with Crippen molar-refractivity contribution in [2.75, 3.05) is 7.11 Å². The number of allylic oxidation sites excluding steroid dienone is 2. The van der Waals surface area contributed by atoms with E-state index in [1.807, 2.05) is 49.4 Å². The highest BCUT2D eigenvalue weighted by Gasteiger charge is 2.26. The molecule has 0 heterocycles. The molecule has 3 nitrogen and oxygen atoms in total. The van der Waals surface area contributed by atoms with Gasteiger partial charge < -0.3 is 4.74 Å². The Labute approximate surface area is 172 Å². The second kappa shape index (κ2) is 8.93. The molecule has 0 atom stereocenters. The molecule has 0 unspecified atom stereocenters. The SMILES string of the molecule is C=CC/C(=C(\c1ccc(OC)cc1)S(=O)(=O)c1ccc(C)cc1)c1ccccc1. The fourth-order valence-corrected chi connectivity index (χ4v) is 4.90. The summed E-state index contributed by atoms with van der Waals surface area (Å²) < 4.78 is 32.8. The monoisotopic (exact) mass is 404 g/mol. The molecule has 0 radical (unpaired) electrons. The normalized spacial score (nSPS) is 12.2. The first kappa shape index (κ1) is 20.6. The fourth-order valence-electron chi connectivity index (χ4n) is 3.19. The van der Waals surface area contributed by atoms with E-state index in [-0.39, 0.29) is 9.80 Å². The fraction of sp³-hybridized carbons (Fsp3) is 0.120. The largest absolute Gasteiger partial charge is 0.497 e. The molecular weight excluding hydrogens is 380 g/mol. The minimum absolute atomic E-state index is 0.270. The minimum atomic E-state index is -3.77. The van der Waals surface area contributed by atoms with Crippen LogP contribution in [0.3, 0.4) is 0 Å². The molecule has 0 aromatic heterocycles. The van der Waals surface area contributed by atoms with E-state index < -0.39 is 9.84 Å². The van der Waals surface area contributed by atoms with Gasteiger partial charge in [0.25, 0.3) is 0 Å². The first-order valence-corrected chi connectivity index (χ1v) is 10.8. The van der Waals surface area contributed by atoms with Crippen LogP contribution in [-0.2, 0) is 9.84 Å². The highest BCUT2D eigenvalue weighted by atomic mass is 32.2. The highest BCUT2D eigenvalue weighted by molar-refractivity contribution is 8.01. The predicted molar refractivity (Wildman–Crippen MR) is 119 cm³/mol. The Bertz CT molecular complexity index is 1110. The summed E-state index contributed by atoms with van der Waals surface area (Å²) in [6, 6.07) is 23.6. The maximum absolute atomic E-state index is 13.8. The van der Waals surface area contributed by atoms with Gasteiger partial charge in [-0.05, 0) is 66.4 Å². The Morgan fingerprint density at radius 3 is 2.07 bits per heavy atom. The van der Waals surface area contributed by atoms with E-state index in [9.17, 15) is 8.42 Å². The lowest BCUT2D eigenvalue weighted by molar-refractivity contribution is 0.415. The van der Waals surface area contributed by atoms with E-state index in [1.165, 1.54) is 0 Å². The number of rotatable bonds is 7. The van der Waals surface area contributed by atoms with Crippen molar-refractivity contribution in [3.05, 3.63) is 108 Å². The third-order valence-corrected chi connectivity index (χ3v) is 6.61. The van der Waals surface area contributed by atoms with Crippen molar-refractivity contribution in [2.24, 2.45) is 0 Å². The second-order valence-corrected chi connectivity index (χ2v) is 8.60. The van der Waals surface area contributed by atoms with Crippen LogP contribution in [0.25, 0.3) is 10.5 Å². The van der Waals surface area contributed by atoms with Crippen LogP contribution in [0.4, 0.5) is 0 Å². The lowest BCUT2D eigenvalue weighted by atomic mass is 9.99. The zero-order valence-electron chi connectivity index (χ0n) is 16.6. The van der Waals surface area contributed by atoms with Crippen LogP contribution in [-0.4, -0.2) is 15.5 Å². The number of hydrogen-bond donors (Lipinski definition) is 0. The molecule has 0 saturated heterocycles. The third-order valence-electron chi connectivity index (χ3n) is 4.70. The topological polar surface area (TPSA) is 43.4 Å². The molecule has 148 valence electrons. The van der Waals surface area contributed by atoms with E-state index in [1.54, 1.807) is 49.6 Å². The second-order valence-electron chi connectivity index (χ2n) is 6.71. The van der Waals surface area contributed by atoms with Crippen molar-refractivity contribution in [3.8, 4) is 5.75 Å². The van der Waals surface area contributed by atoms with Crippen LogP contribution >= 0.6 is 0 Å². The van der Waals surface area contributed by atoms with Crippen molar-refractivity contribution in [2.45, 2.75) is 18.2 Å². The van der Waals surface area contributed by atoms with Crippen molar-refractivity contribution < 1.29 is 13.2 Å². The molecule has 3 aromatic carbocycles. The predicted octanol–water partition coefficient (Wildman–Crippen LogP) is 5.92. The van der Waals surface area contributed by atoms with Crippen LogP contribution in [0, 0.1) is 6.92 Å². The van der Waals surface area contributed by atoms with Crippen molar-refractivity contribution in [1.29, 1.82) is 0 Å². The van der Waals surface area contributed by atoms with E-state index >= 15 is 0 Å². The number of benzene rings is 3. The lowest BCUT2D eigenvalue weighted by Crippen LogP contribution is -2.07. The van der Waals surface area contributed by atoms with Crippen LogP contribution in [0.15, 0.2) is 96.4 Å². The van der Waals surface area contributed by atoms with Gasteiger partial charge in [0.15, 0.2) is 0 Å². The number of aryl methyl sites for hydroxylation is 1. The number of sulfone groups is 1. The summed E-state index contributed by atoms with van der Waals surface area (Å²) in [5, 5.41) is 0. The summed E-state index contributed by atoms with van der Waals surface area (Å²) in [4.78, 5) is 0.557. The zero-order valence-corrected chi connectivity index (χ0v) is 17.4. The quantitative estimate of drug-likeness (QED) is 0.362. The van der Waals surface area contributed by atoms with Gasteiger partial charge in [0.2, 0.25) is 9.84 Å². The van der Waals surface area contributed by atoms with Gasteiger partial charge in [-0.15, -0.1) is 6.58 Å². The van der Waals surface area contributed by atoms with Crippen LogP contribution in [0.2, 0.25) is 0 Å². The lowest BCUT2D eigenvalue weighted by Gasteiger charge is -2.17. The van der Waals surface area contributed by atoms with E-state index in [2.05, 4.69) is 6.58 Å². The summed E-state index contributed by atoms with van der Waals surface area (Å²) in [6.07, 6.45) is 2.16. The average molecular weight is 405 g/mol. The van der Waals surface area contributed by atoms with E-state index in [4.69, 9.17) is 4.74 Å². The van der Waals surface area contributed by atoms with Gasteiger partial charge in [0, 0.05) is 0 Å². The van der Waals surface area contributed by atoms with Crippen LogP contribution < -0.4 is 4.74 Å². The molecule has 0 aliphatic carbocycles. The first-order chi connectivity index (χ1) is 14.0. The molecule has 0 N–H and O–H groups in total. The van der Waals surface area contributed by atoms with Crippen LogP contribution in [0.1, 0.15) is 23.1 Å². The first-order valence-electron chi connectivity index (χ1n) is 9.33.